The summed E-state index contributed by atoms with van der Waals surface area (Å²) in [5.41, 5.74) is 6.07. The van der Waals surface area contributed by atoms with Crippen molar-refractivity contribution in [3.8, 4) is 0 Å². The van der Waals surface area contributed by atoms with E-state index in [1.807, 2.05) is 0 Å². The van der Waals surface area contributed by atoms with Gasteiger partial charge < -0.3 is 30.6 Å². The summed E-state index contributed by atoms with van der Waals surface area (Å²) in [4.78, 5) is 59.4. The number of carboxylic acid groups (broad SMARTS) is 2. The molecule has 3 aliphatic rings. The fourth-order valence-electron chi connectivity index (χ4n) is 4.78. The van der Waals surface area contributed by atoms with E-state index in [0.29, 0.717) is 24.4 Å². The molecule has 0 aromatic carbocycles. The molecule has 2 saturated heterocycles. The van der Waals surface area contributed by atoms with Crippen LogP contribution in [0.25, 0.3) is 0 Å². The Labute approximate surface area is 208 Å². The molecule has 0 aliphatic carbocycles. The van der Waals surface area contributed by atoms with E-state index < -0.39 is 35.2 Å². The predicted molar refractivity (Wildman–Crippen MR) is 126 cm³/mol. The molecule has 1 aromatic heterocycles. The van der Waals surface area contributed by atoms with Gasteiger partial charge in [-0.15, -0.1) is 23.1 Å². The van der Waals surface area contributed by atoms with Crippen molar-refractivity contribution in [2.24, 2.45) is 5.16 Å². The SMILES string of the molecule is CON=C(C(=O)NC1C(=O)N2C(C(=O)O)=C(C[N+]3(CC(=O)O)CCCC3)CS[C@@H]12)c1csc(N)n1. The Morgan fingerprint density at radius 1 is 1.34 bits per heavy atom. The summed E-state index contributed by atoms with van der Waals surface area (Å²) in [7, 11) is 1.27. The lowest BCUT2D eigenvalue weighted by molar-refractivity contribution is -0.905. The number of carbonyl (C=O) groups excluding carboxylic acids is 2. The number of likely N-dealkylation sites (tertiary alicyclic amines) is 1. The Balaban J connectivity index is 1.54. The van der Waals surface area contributed by atoms with Crippen LogP contribution in [0.4, 0.5) is 5.13 Å². The number of anilines is 1. The minimum absolute atomic E-state index is 0.0974. The van der Waals surface area contributed by atoms with Gasteiger partial charge in [0.15, 0.2) is 17.4 Å². The van der Waals surface area contributed by atoms with E-state index in [-0.39, 0.29) is 39.8 Å². The predicted octanol–water partition coefficient (Wildman–Crippen LogP) is -0.490. The van der Waals surface area contributed by atoms with Gasteiger partial charge in [-0.25, -0.2) is 14.6 Å². The third kappa shape index (κ3) is 4.83. The van der Waals surface area contributed by atoms with Gasteiger partial charge in [0.05, 0.1) is 13.1 Å². The molecule has 3 aliphatic heterocycles. The summed E-state index contributed by atoms with van der Waals surface area (Å²) in [6.07, 6.45) is 1.73. The van der Waals surface area contributed by atoms with E-state index in [9.17, 15) is 29.4 Å². The van der Waals surface area contributed by atoms with Crippen LogP contribution in [0.15, 0.2) is 21.8 Å². The molecule has 4 heterocycles. The number of aromatic nitrogens is 1. The zero-order chi connectivity index (χ0) is 25.3. The second-order valence-corrected chi connectivity index (χ2v) is 10.5. The third-order valence-corrected chi connectivity index (χ3v) is 8.22. The van der Waals surface area contributed by atoms with Crippen LogP contribution in [-0.2, 0) is 24.0 Å². The average Bonchev–Trinajstić information content (AvgIpc) is 3.43. The highest BCUT2D eigenvalue weighted by molar-refractivity contribution is 8.00. The molecule has 0 saturated carbocycles. The number of β-lactam (4-membered cyclic amide) rings is 1. The van der Waals surface area contributed by atoms with Crippen LogP contribution in [0.3, 0.4) is 0 Å². The number of nitrogen functional groups attached to an aromatic ring is 1. The van der Waals surface area contributed by atoms with Gasteiger partial charge in [0.2, 0.25) is 0 Å². The van der Waals surface area contributed by atoms with Crippen molar-refractivity contribution in [2.45, 2.75) is 24.3 Å². The first-order valence-corrected chi connectivity index (χ1v) is 12.7. The van der Waals surface area contributed by atoms with Crippen LogP contribution in [0, 0.1) is 0 Å². The lowest BCUT2D eigenvalue weighted by atomic mass is 10.0. The fourth-order valence-corrected chi connectivity index (χ4v) is 6.66. The lowest BCUT2D eigenvalue weighted by Gasteiger charge is -2.50. The van der Waals surface area contributed by atoms with Gasteiger partial charge in [0.1, 0.15) is 36.5 Å². The second kappa shape index (κ2) is 9.83. The average molecular weight is 526 g/mol. The number of thioether (sulfide) groups is 1. The maximum atomic E-state index is 13.0. The quantitative estimate of drug-likeness (QED) is 0.142. The molecule has 1 unspecified atom stereocenters. The van der Waals surface area contributed by atoms with Crippen molar-refractivity contribution in [1.29, 1.82) is 0 Å². The van der Waals surface area contributed by atoms with E-state index in [1.54, 1.807) is 0 Å². The molecular weight excluding hydrogens is 500 g/mol. The molecular formula is C20H25N6O7S2+. The van der Waals surface area contributed by atoms with Gasteiger partial charge >= 0.3 is 11.9 Å². The maximum absolute atomic E-state index is 13.0. The van der Waals surface area contributed by atoms with Gasteiger partial charge in [-0.1, -0.05) is 5.16 Å². The van der Waals surface area contributed by atoms with Gasteiger partial charge in [-0.05, 0) is 0 Å². The lowest BCUT2D eigenvalue weighted by Crippen LogP contribution is -2.71. The molecule has 13 nitrogen and oxygen atoms in total. The number of hydrogen-bond acceptors (Lipinski definition) is 10. The van der Waals surface area contributed by atoms with Crippen molar-refractivity contribution in [3.05, 3.63) is 22.3 Å². The highest BCUT2D eigenvalue weighted by Crippen LogP contribution is 2.41. The molecule has 0 bridgehead atoms. The van der Waals surface area contributed by atoms with Gasteiger partial charge in [-0.3, -0.25) is 14.5 Å². The molecule has 1 aromatic rings. The number of nitrogens with two attached hydrogens (primary N) is 1. The standard InChI is InChI=1S/C20H24N6O7S2/c1-33-24-13(11-9-35-20(21)22-11)16(29)23-14-17(30)25-15(19(31)32)10(8-34-18(14)25)6-26(7-12(27)28)4-2-3-5-26/h9,14,18H,2-8H2,1H3,(H4-,21,22,23,27,28,29,31,32)/p+1/t14?,18-/m0/s1. The largest absolute Gasteiger partial charge is 0.477 e. The molecule has 0 radical (unpaired) electrons. The number of thiazole rings is 1. The summed E-state index contributed by atoms with van der Waals surface area (Å²) in [6, 6.07) is -0.963. The minimum Gasteiger partial charge on any atom is -0.477 e. The number of carboxylic acids is 2. The summed E-state index contributed by atoms with van der Waals surface area (Å²) >= 11 is 2.44. The Bertz CT molecular complexity index is 1130. The number of nitrogens with one attached hydrogen (secondary N) is 1. The Morgan fingerprint density at radius 2 is 2.06 bits per heavy atom. The maximum Gasteiger partial charge on any atom is 0.359 e. The van der Waals surface area contributed by atoms with Crippen molar-refractivity contribution >= 4 is 57.7 Å². The molecule has 35 heavy (non-hydrogen) atoms. The van der Waals surface area contributed by atoms with Crippen LogP contribution < -0.4 is 11.1 Å². The minimum atomic E-state index is -1.25. The summed E-state index contributed by atoms with van der Waals surface area (Å²) in [5, 5.41) is 26.8. The third-order valence-electron chi connectivity index (χ3n) is 6.21. The molecule has 2 atom stereocenters. The zero-order valence-electron chi connectivity index (χ0n) is 18.8. The number of aliphatic carboxylic acids is 2. The van der Waals surface area contributed by atoms with E-state index in [0.717, 1.165) is 24.2 Å². The number of oxime groups is 1. The first-order chi connectivity index (χ1) is 16.7. The molecule has 2 fully saturated rings. The van der Waals surface area contributed by atoms with Crippen LogP contribution in [0.5, 0.6) is 0 Å². The Kier molecular flexibility index (Phi) is 7.00. The number of amides is 2. The first-order valence-electron chi connectivity index (χ1n) is 10.8. The van der Waals surface area contributed by atoms with Crippen LogP contribution in [0.1, 0.15) is 18.5 Å². The van der Waals surface area contributed by atoms with Crippen molar-refractivity contribution < 1.29 is 38.7 Å². The normalized spacial score (nSPS) is 23.5. The molecule has 15 heteroatoms. The van der Waals surface area contributed by atoms with Crippen LogP contribution in [0.2, 0.25) is 0 Å². The van der Waals surface area contributed by atoms with Crippen LogP contribution >= 0.6 is 23.1 Å². The van der Waals surface area contributed by atoms with Crippen molar-refractivity contribution in [3.63, 3.8) is 0 Å². The molecule has 4 rings (SSSR count). The number of hydrogen-bond donors (Lipinski definition) is 4. The van der Waals surface area contributed by atoms with Gasteiger partial charge in [0.25, 0.3) is 11.8 Å². The van der Waals surface area contributed by atoms with Crippen LogP contribution in [-0.4, -0.2) is 105 Å². The van der Waals surface area contributed by atoms with Gasteiger partial charge in [-0.2, -0.15) is 0 Å². The van der Waals surface area contributed by atoms with Gasteiger partial charge in [0, 0.05) is 29.5 Å². The van der Waals surface area contributed by atoms with E-state index in [4.69, 9.17) is 10.6 Å². The van der Waals surface area contributed by atoms with Crippen molar-refractivity contribution in [1.82, 2.24) is 15.2 Å². The molecule has 5 N–H and O–H groups in total. The van der Waals surface area contributed by atoms with E-state index in [2.05, 4.69) is 15.5 Å². The smallest absolute Gasteiger partial charge is 0.359 e. The molecule has 2 amide bonds. The topological polar surface area (TPSA) is 185 Å². The molecule has 188 valence electrons. The van der Waals surface area contributed by atoms with E-state index >= 15 is 0 Å². The molecule has 0 spiro atoms. The first kappa shape index (κ1) is 24.9. The highest BCUT2D eigenvalue weighted by atomic mass is 32.2. The number of carbonyl (C=O) groups is 4. The van der Waals surface area contributed by atoms with Crippen molar-refractivity contribution in [2.75, 3.05) is 44.8 Å². The Hall–Kier alpha value is -3.17. The second-order valence-electron chi connectivity index (χ2n) is 8.52. The zero-order valence-corrected chi connectivity index (χ0v) is 20.4. The number of fused-ring (bicyclic) bond motifs is 1. The van der Waals surface area contributed by atoms with E-state index in [1.165, 1.54) is 29.2 Å². The number of quaternary nitrogens is 1. The summed E-state index contributed by atoms with van der Waals surface area (Å²) in [5.74, 6) is -3.15. The number of rotatable bonds is 9. The summed E-state index contributed by atoms with van der Waals surface area (Å²) in [6.45, 7) is 1.45. The highest BCUT2D eigenvalue weighted by Gasteiger charge is 2.55. The monoisotopic (exact) mass is 525 g/mol. The Morgan fingerprint density at radius 3 is 2.63 bits per heavy atom. The summed E-state index contributed by atoms with van der Waals surface area (Å²) < 4.78 is 0.266. The fraction of sp³-hybridized carbons (Fsp3) is 0.500. The number of nitrogens with zero attached hydrogens (tertiary/aromatic N) is 4.